The number of amides is 1. The maximum absolute atomic E-state index is 12.0. The van der Waals surface area contributed by atoms with E-state index in [9.17, 15) is 4.79 Å². The van der Waals surface area contributed by atoms with Crippen molar-refractivity contribution in [2.24, 2.45) is 0 Å². The molecule has 1 aliphatic rings. The summed E-state index contributed by atoms with van der Waals surface area (Å²) in [4.78, 5) is 12.0. The van der Waals surface area contributed by atoms with Gasteiger partial charge in [-0.2, -0.15) is 0 Å². The quantitative estimate of drug-likeness (QED) is 0.853. The Morgan fingerprint density at radius 2 is 1.59 bits per heavy atom. The van der Waals surface area contributed by atoms with Gasteiger partial charge in [0.25, 0.3) is 5.91 Å². The summed E-state index contributed by atoms with van der Waals surface area (Å²) in [6, 6.07) is 15.6. The number of halogens is 1. The fraction of sp³-hybridized carbons (Fsp3) is 0.235. The van der Waals surface area contributed by atoms with Crippen LogP contribution in [-0.4, -0.2) is 18.6 Å². The highest BCUT2D eigenvalue weighted by Gasteiger charge is 2.23. The van der Waals surface area contributed by atoms with Gasteiger partial charge in [0.15, 0.2) is 0 Å². The molecule has 2 aromatic rings. The van der Waals surface area contributed by atoms with Gasteiger partial charge in [-0.05, 0) is 61.4 Å². The Morgan fingerprint density at radius 1 is 1.00 bits per heavy atom. The lowest BCUT2D eigenvalue weighted by atomic mass is 10.2. The first-order chi connectivity index (χ1) is 10.7. The molecule has 1 unspecified atom stereocenters. The second-order valence-corrected chi connectivity index (χ2v) is 6.12. The van der Waals surface area contributed by atoms with E-state index in [2.05, 4.69) is 26.6 Å². The van der Waals surface area contributed by atoms with E-state index in [0.29, 0.717) is 6.61 Å². The van der Waals surface area contributed by atoms with Crippen LogP contribution in [0.5, 0.6) is 0 Å². The van der Waals surface area contributed by atoms with Gasteiger partial charge in [0.05, 0.1) is 0 Å². The smallest absolute Gasteiger partial charge is 0.253 e. The number of carbonyl (C=O) groups is 1. The van der Waals surface area contributed by atoms with Crippen molar-refractivity contribution in [2.75, 3.05) is 17.2 Å². The topological polar surface area (TPSA) is 50.4 Å². The highest BCUT2D eigenvalue weighted by molar-refractivity contribution is 9.10. The maximum atomic E-state index is 12.0. The molecule has 0 bridgehead atoms. The molecule has 4 nitrogen and oxygen atoms in total. The SMILES string of the molecule is O=C(Nc1ccc(Nc2ccc(Br)cc2)cc1)C1CCCO1. The summed E-state index contributed by atoms with van der Waals surface area (Å²) in [6.07, 6.45) is 1.45. The zero-order valence-electron chi connectivity index (χ0n) is 12.0. The Morgan fingerprint density at radius 3 is 2.18 bits per heavy atom. The summed E-state index contributed by atoms with van der Waals surface area (Å²) in [5.41, 5.74) is 2.76. The summed E-state index contributed by atoms with van der Waals surface area (Å²) < 4.78 is 6.42. The van der Waals surface area contributed by atoms with Crippen LogP contribution < -0.4 is 10.6 Å². The summed E-state index contributed by atoms with van der Waals surface area (Å²) in [6.45, 7) is 0.675. The van der Waals surface area contributed by atoms with E-state index < -0.39 is 0 Å². The van der Waals surface area contributed by atoms with Gasteiger partial charge in [0.1, 0.15) is 6.10 Å². The van der Waals surface area contributed by atoms with E-state index in [4.69, 9.17) is 4.74 Å². The molecule has 1 heterocycles. The molecule has 3 rings (SSSR count). The molecule has 1 saturated heterocycles. The number of carbonyl (C=O) groups excluding carboxylic acids is 1. The number of ether oxygens (including phenoxy) is 1. The van der Waals surface area contributed by atoms with Gasteiger partial charge in [-0.15, -0.1) is 0 Å². The number of hydrogen-bond donors (Lipinski definition) is 2. The van der Waals surface area contributed by atoms with Crippen LogP contribution in [0.1, 0.15) is 12.8 Å². The molecule has 0 radical (unpaired) electrons. The van der Waals surface area contributed by atoms with Gasteiger partial charge in [-0.3, -0.25) is 4.79 Å². The lowest BCUT2D eigenvalue weighted by Gasteiger charge is -2.11. The van der Waals surface area contributed by atoms with Gasteiger partial charge in [0, 0.05) is 28.1 Å². The Kier molecular flexibility index (Phi) is 4.75. The van der Waals surface area contributed by atoms with Gasteiger partial charge in [-0.1, -0.05) is 15.9 Å². The molecule has 2 aromatic carbocycles. The third kappa shape index (κ3) is 3.87. The minimum absolute atomic E-state index is 0.0638. The molecule has 0 saturated carbocycles. The monoisotopic (exact) mass is 360 g/mol. The molecule has 1 fully saturated rings. The number of benzene rings is 2. The Balaban J connectivity index is 1.60. The number of rotatable bonds is 4. The van der Waals surface area contributed by atoms with Crippen LogP contribution in [-0.2, 0) is 9.53 Å². The summed E-state index contributed by atoms with van der Waals surface area (Å²) in [5.74, 6) is -0.0638. The average Bonchev–Trinajstić information content (AvgIpc) is 3.06. The van der Waals surface area contributed by atoms with Gasteiger partial charge in [-0.25, -0.2) is 0 Å². The Hall–Kier alpha value is -1.85. The van der Waals surface area contributed by atoms with Crippen molar-refractivity contribution in [3.63, 3.8) is 0 Å². The minimum atomic E-state index is -0.305. The summed E-state index contributed by atoms with van der Waals surface area (Å²) in [7, 11) is 0. The lowest BCUT2D eigenvalue weighted by Crippen LogP contribution is -2.26. The number of anilines is 3. The molecule has 22 heavy (non-hydrogen) atoms. The molecule has 114 valence electrons. The highest BCUT2D eigenvalue weighted by atomic mass is 79.9. The van der Waals surface area contributed by atoms with E-state index in [1.807, 2.05) is 48.5 Å². The predicted octanol–water partition coefficient (Wildman–Crippen LogP) is 4.31. The van der Waals surface area contributed by atoms with Crippen molar-refractivity contribution in [1.29, 1.82) is 0 Å². The molecular weight excluding hydrogens is 344 g/mol. The predicted molar refractivity (Wildman–Crippen MR) is 91.5 cm³/mol. The van der Waals surface area contributed by atoms with E-state index in [-0.39, 0.29) is 12.0 Å². The second-order valence-electron chi connectivity index (χ2n) is 5.20. The lowest BCUT2D eigenvalue weighted by molar-refractivity contribution is -0.124. The van der Waals surface area contributed by atoms with Crippen LogP contribution in [0, 0.1) is 0 Å². The van der Waals surface area contributed by atoms with Crippen LogP contribution in [0.25, 0.3) is 0 Å². The van der Waals surface area contributed by atoms with Crippen LogP contribution in [0.2, 0.25) is 0 Å². The molecule has 1 aliphatic heterocycles. The Labute approximate surface area is 138 Å². The van der Waals surface area contributed by atoms with Crippen LogP contribution >= 0.6 is 15.9 Å². The largest absolute Gasteiger partial charge is 0.368 e. The van der Waals surface area contributed by atoms with E-state index >= 15 is 0 Å². The van der Waals surface area contributed by atoms with Gasteiger partial charge >= 0.3 is 0 Å². The highest BCUT2D eigenvalue weighted by Crippen LogP contribution is 2.21. The van der Waals surface area contributed by atoms with E-state index in [1.54, 1.807) is 0 Å². The third-order valence-corrected chi connectivity index (χ3v) is 4.04. The first-order valence-corrected chi connectivity index (χ1v) is 8.05. The molecule has 0 aromatic heterocycles. The van der Waals surface area contributed by atoms with Crippen molar-refractivity contribution < 1.29 is 9.53 Å². The van der Waals surface area contributed by atoms with Crippen molar-refractivity contribution in [1.82, 2.24) is 0 Å². The van der Waals surface area contributed by atoms with Gasteiger partial charge in [0.2, 0.25) is 0 Å². The zero-order chi connectivity index (χ0) is 15.4. The molecular formula is C17H17BrN2O2. The van der Waals surface area contributed by atoms with Crippen LogP contribution in [0.4, 0.5) is 17.1 Å². The molecule has 1 atom stereocenters. The molecule has 0 aliphatic carbocycles. The van der Waals surface area contributed by atoms with Crippen LogP contribution in [0.15, 0.2) is 53.0 Å². The number of hydrogen-bond acceptors (Lipinski definition) is 3. The average molecular weight is 361 g/mol. The van der Waals surface area contributed by atoms with Crippen molar-refractivity contribution in [3.8, 4) is 0 Å². The molecule has 5 heteroatoms. The minimum Gasteiger partial charge on any atom is -0.368 e. The van der Waals surface area contributed by atoms with Crippen molar-refractivity contribution in [3.05, 3.63) is 53.0 Å². The first kappa shape index (κ1) is 15.1. The normalized spacial score (nSPS) is 17.2. The summed E-state index contributed by atoms with van der Waals surface area (Å²) in [5, 5.41) is 6.19. The van der Waals surface area contributed by atoms with E-state index in [0.717, 1.165) is 34.4 Å². The maximum Gasteiger partial charge on any atom is 0.253 e. The fourth-order valence-corrected chi connectivity index (χ4v) is 2.61. The first-order valence-electron chi connectivity index (χ1n) is 7.26. The molecule has 1 amide bonds. The van der Waals surface area contributed by atoms with Gasteiger partial charge < -0.3 is 15.4 Å². The molecule has 2 N–H and O–H groups in total. The van der Waals surface area contributed by atoms with E-state index in [1.165, 1.54) is 0 Å². The fourth-order valence-electron chi connectivity index (χ4n) is 2.34. The summed E-state index contributed by atoms with van der Waals surface area (Å²) >= 11 is 3.41. The van der Waals surface area contributed by atoms with Crippen molar-refractivity contribution in [2.45, 2.75) is 18.9 Å². The van der Waals surface area contributed by atoms with Crippen molar-refractivity contribution >= 4 is 38.9 Å². The molecule has 0 spiro atoms. The third-order valence-electron chi connectivity index (χ3n) is 3.51. The Bertz CT molecular complexity index is 635. The standard InChI is InChI=1S/C17H17BrN2O2/c18-12-3-5-13(6-4-12)19-14-7-9-15(10-8-14)20-17(21)16-2-1-11-22-16/h3-10,16,19H,1-2,11H2,(H,20,21). The number of nitrogens with one attached hydrogen (secondary N) is 2. The zero-order valence-corrected chi connectivity index (χ0v) is 13.6. The van der Waals surface area contributed by atoms with Crippen LogP contribution in [0.3, 0.4) is 0 Å². The second kappa shape index (κ2) is 6.94.